The van der Waals surface area contributed by atoms with Crippen molar-refractivity contribution in [3.8, 4) is 16.8 Å². The lowest BCUT2D eigenvalue weighted by Crippen LogP contribution is -1.93. The summed E-state index contributed by atoms with van der Waals surface area (Å²) in [5.74, 6) is 0. The number of hydrogen-bond acceptors (Lipinski definition) is 2. The zero-order valence-corrected chi connectivity index (χ0v) is 13.5. The molecule has 0 saturated carbocycles. The molecule has 0 spiro atoms. The van der Waals surface area contributed by atoms with Crippen LogP contribution in [0.1, 0.15) is 0 Å². The van der Waals surface area contributed by atoms with Crippen molar-refractivity contribution < 1.29 is 0 Å². The zero-order chi connectivity index (χ0) is 16.6. The highest BCUT2D eigenvalue weighted by atomic mass is 15.1. The third-order valence-corrected chi connectivity index (χ3v) is 4.53. The summed E-state index contributed by atoms with van der Waals surface area (Å²) in [5.41, 5.74) is 5.11. The van der Waals surface area contributed by atoms with Gasteiger partial charge in [-0.2, -0.15) is 0 Å². The fourth-order valence-electron chi connectivity index (χ4n) is 3.28. The van der Waals surface area contributed by atoms with Gasteiger partial charge in [0.1, 0.15) is 11.8 Å². The van der Waals surface area contributed by atoms with Crippen molar-refractivity contribution in [1.82, 2.24) is 14.5 Å². The predicted molar refractivity (Wildman–Crippen MR) is 102 cm³/mol. The summed E-state index contributed by atoms with van der Waals surface area (Å²) in [6.07, 6.45) is 3.70. The van der Waals surface area contributed by atoms with Crippen LogP contribution in [0.5, 0.6) is 0 Å². The first-order valence-electron chi connectivity index (χ1n) is 8.27. The largest absolute Gasteiger partial charge is 0.283 e. The van der Waals surface area contributed by atoms with Crippen molar-refractivity contribution in [3.05, 3.63) is 91.4 Å². The molecule has 3 aromatic carbocycles. The molecule has 0 bridgehead atoms. The number of pyridine rings is 1. The van der Waals surface area contributed by atoms with Crippen LogP contribution in [0.2, 0.25) is 0 Å². The Morgan fingerprint density at radius 2 is 1.48 bits per heavy atom. The highest BCUT2D eigenvalue weighted by Crippen LogP contribution is 2.30. The molecule has 0 saturated heterocycles. The SMILES string of the molecule is c1ccc(-n2cnc3c(-c4ccc5ccccc5c4)ccnc32)cc1. The Balaban J connectivity index is 1.72. The second-order valence-corrected chi connectivity index (χ2v) is 6.04. The molecule has 0 aliphatic heterocycles. The molecule has 0 fully saturated rings. The maximum atomic E-state index is 4.65. The molecule has 3 heteroatoms. The first-order valence-corrected chi connectivity index (χ1v) is 8.27. The van der Waals surface area contributed by atoms with Crippen molar-refractivity contribution >= 4 is 21.9 Å². The minimum atomic E-state index is 0.872. The summed E-state index contributed by atoms with van der Waals surface area (Å²) < 4.78 is 2.03. The second kappa shape index (κ2) is 5.56. The number of aromatic nitrogens is 3. The number of para-hydroxylation sites is 1. The van der Waals surface area contributed by atoms with Crippen LogP contribution in [0.15, 0.2) is 91.4 Å². The van der Waals surface area contributed by atoms with E-state index in [1.54, 1.807) is 0 Å². The van der Waals surface area contributed by atoms with Crippen molar-refractivity contribution in [2.45, 2.75) is 0 Å². The second-order valence-electron chi connectivity index (χ2n) is 6.04. The fraction of sp³-hybridized carbons (Fsp3) is 0. The molecule has 0 N–H and O–H groups in total. The molecule has 3 nitrogen and oxygen atoms in total. The number of benzene rings is 3. The summed E-state index contributed by atoms with van der Waals surface area (Å²) in [4.78, 5) is 9.22. The Kier molecular flexibility index (Phi) is 3.10. The molecule has 0 amide bonds. The number of imidazole rings is 1. The number of nitrogens with zero attached hydrogens (tertiary/aromatic N) is 3. The molecule has 0 radical (unpaired) electrons. The Morgan fingerprint density at radius 3 is 2.36 bits per heavy atom. The third kappa shape index (κ3) is 2.29. The minimum Gasteiger partial charge on any atom is -0.283 e. The minimum absolute atomic E-state index is 0.872. The van der Waals surface area contributed by atoms with Crippen LogP contribution in [0.25, 0.3) is 38.8 Å². The number of fused-ring (bicyclic) bond motifs is 2. The van der Waals surface area contributed by atoms with Crippen LogP contribution in [0, 0.1) is 0 Å². The van der Waals surface area contributed by atoms with Crippen molar-refractivity contribution in [3.63, 3.8) is 0 Å². The summed E-state index contributed by atoms with van der Waals surface area (Å²) in [5, 5.41) is 2.47. The van der Waals surface area contributed by atoms with Gasteiger partial charge in [-0.05, 0) is 40.6 Å². The molecule has 25 heavy (non-hydrogen) atoms. The van der Waals surface area contributed by atoms with E-state index in [1.165, 1.54) is 10.8 Å². The van der Waals surface area contributed by atoms with Crippen molar-refractivity contribution in [1.29, 1.82) is 0 Å². The molecule has 5 aromatic rings. The lowest BCUT2D eigenvalue weighted by molar-refractivity contribution is 1.07. The number of rotatable bonds is 2. The average molecular weight is 321 g/mol. The van der Waals surface area contributed by atoms with Gasteiger partial charge in [0.15, 0.2) is 5.65 Å². The first kappa shape index (κ1) is 13.9. The highest BCUT2D eigenvalue weighted by molar-refractivity contribution is 5.94. The Labute approximate surface area is 145 Å². The van der Waals surface area contributed by atoms with E-state index < -0.39 is 0 Å². The molecule has 5 rings (SSSR count). The maximum absolute atomic E-state index is 4.65. The molecular formula is C22H15N3. The maximum Gasteiger partial charge on any atom is 0.165 e. The topological polar surface area (TPSA) is 30.7 Å². The zero-order valence-electron chi connectivity index (χ0n) is 13.5. The fourth-order valence-corrected chi connectivity index (χ4v) is 3.28. The van der Waals surface area contributed by atoms with E-state index >= 15 is 0 Å². The molecule has 2 heterocycles. The van der Waals surface area contributed by atoms with Crippen LogP contribution >= 0.6 is 0 Å². The Bertz CT molecular complexity index is 1190. The van der Waals surface area contributed by atoms with Crippen molar-refractivity contribution in [2.24, 2.45) is 0 Å². The van der Waals surface area contributed by atoms with Crippen LogP contribution in [0.3, 0.4) is 0 Å². The molecule has 118 valence electrons. The van der Waals surface area contributed by atoms with E-state index in [4.69, 9.17) is 0 Å². The van der Waals surface area contributed by atoms with Gasteiger partial charge >= 0.3 is 0 Å². The van der Waals surface area contributed by atoms with Crippen LogP contribution in [-0.2, 0) is 0 Å². The molecule has 2 aromatic heterocycles. The van der Waals surface area contributed by atoms with Gasteiger partial charge in [0.25, 0.3) is 0 Å². The van der Waals surface area contributed by atoms with Gasteiger partial charge < -0.3 is 0 Å². The van der Waals surface area contributed by atoms with Crippen LogP contribution in [0.4, 0.5) is 0 Å². The summed E-state index contributed by atoms with van der Waals surface area (Å²) >= 11 is 0. The Morgan fingerprint density at radius 1 is 0.680 bits per heavy atom. The molecule has 0 aliphatic rings. The quantitative estimate of drug-likeness (QED) is 0.445. The van der Waals surface area contributed by atoms with Gasteiger partial charge in [-0.25, -0.2) is 9.97 Å². The van der Waals surface area contributed by atoms with E-state index in [2.05, 4.69) is 64.6 Å². The first-order chi connectivity index (χ1) is 12.4. The Hall–Kier alpha value is -3.46. The highest BCUT2D eigenvalue weighted by Gasteiger charge is 2.11. The lowest BCUT2D eigenvalue weighted by Gasteiger charge is -2.06. The van der Waals surface area contributed by atoms with Gasteiger partial charge in [-0.3, -0.25) is 4.57 Å². The van der Waals surface area contributed by atoms with E-state index in [0.29, 0.717) is 0 Å². The van der Waals surface area contributed by atoms with E-state index in [-0.39, 0.29) is 0 Å². The van der Waals surface area contributed by atoms with Gasteiger partial charge in [0.05, 0.1) is 0 Å². The van der Waals surface area contributed by atoms with Crippen LogP contribution in [-0.4, -0.2) is 14.5 Å². The van der Waals surface area contributed by atoms with E-state index in [0.717, 1.165) is 28.0 Å². The summed E-state index contributed by atoms with van der Waals surface area (Å²) in [7, 11) is 0. The lowest BCUT2D eigenvalue weighted by atomic mass is 10.0. The van der Waals surface area contributed by atoms with Crippen molar-refractivity contribution in [2.75, 3.05) is 0 Å². The molecule has 0 aliphatic carbocycles. The third-order valence-electron chi connectivity index (χ3n) is 4.53. The van der Waals surface area contributed by atoms with Gasteiger partial charge in [0.2, 0.25) is 0 Å². The van der Waals surface area contributed by atoms with Gasteiger partial charge in [-0.15, -0.1) is 0 Å². The van der Waals surface area contributed by atoms with E-state index in [1.807, 2.05) is 41.4 Å². The molecule has 0 atom stereocenters. The number of hydrogen-bond donors (Lipinski definition) is 0. The standard InChI is InChI=1S/C22H15N3/c1-2-8-19(9-3-1)25-15-24-21-20(12-13-23-22(21)25)18-11-10-16-6-4-5-7-17(16)14-18/h1-15H. The normalized spacial score (nSPS) is 11.2. The molecule has 0 unspecified atom stereocenters. The summed E-state index contributed by atoms with van der Waals surface area (Å²) in [6.45, 7) is 0. The van der Waals surface area contributed by atoms with Crippen LogP contribution < -0.4 is 0 Å². The molecular weight excluding hydrogens is 306 g/mol. The average Bonchev–Trinajstić information content (AvgIpc) is 3.12. The monoisotopic (exact) mass is 321 g/mol. The van der Waals surface area contributed by atoms with E-state index in [9.17, 15) is 0 Å². The smallest absolute Gasteiger partial charge is 0.165 e. The van der Waals surface area contributed by atoms with Gasteiger partial charge in [0, 0.05) is 17.4 Å². The van der Waals surface area contributed by atoms with Gasteiger partial charge in [-0.1, -0.05) is 54.6 Å². The summed E-state index contributed by atoms with van der Waals surface area (Å²) in [6, 6.07) is 27.1. The predicted octanol–water partition coefficient (Wildman–Crippen LogP) is 5.24.